The van der Waals surface area contributed by atoms with Gasteiger partial charge in [0.2, 0.25) is 5.91 Å². The molecule has 10 heteroatoms. The number of alkyl halides is 3. The lowest BCUT2D eigenvalue weighted by molar-refractivity contribution is -0.136. The Morgan fingerprint density at radius 2 is 1.75 bits per heavy atom. The molecule has 0 unspecified atom stereocenters. The number of nitrogens with zero attached hydrogens (tertiary/aromatic N) is 3. The van der Waals surface area contributed by atoms with Crippen LogP contribution < -0.4 is 4.90 Å². The molecule has 0 fully saturated rings. The zero-order valence-electron chi connectivity index (χ0n) is 16.3. The van der Waals surface area contributed by atoms with E-state index in [2.05, 4.69) is 9.97 Å². The van der Waals surface area contributed by atoms with Gasteiger partial charge in [0, 0.05) is 17.3 Å². The van der Waals surface area contributed by atoms with Gasteiger partial charge in [-0.05, 0) is 54.1 Å². The van der Waals surface area contributed by atoms with Crippen LogP contribution in [0.15, 0.2) is 71.9 Å². The largest absolute Gasteiger partial charge is 0.418 e. The summed E-state index contributed by atoms with van der Waals surface area (Å²) in [6.07, 6.45) is -1.40. The topological polar surface area (TPSA) is 46.1 Å². The lowest BCUT2D eigenvalue weighted by Crippen LogP contribution is -2.31. The molecule has 1 amide bonds. The third kappa shape index (κ3) is 5.08. The van der Waals surface area contributed by atoms with E-state index in [9.17, 15) is 22.4 Å². The molecule has 0 bridgehead atoms. The maximum atomic E-state index is 13.4. The molecule has 0 aliphatic rings. The first-order valence-electron chi connectivity index (χ1n) is 9.35. The number of amides is 1. The average molecular weight is 478 g/mol. The molecular weight excluding hydrogens is 462 g/mol. The van der Waals surface area contributed by atoms with Gasteiger partial charge < -0.3 is 0 Å². The van der Waals surface area contributed by atoms with E-state index in [4.69, 9.17) is 0 Å². The molecule has 32 heavy (non-hydrogen) atoms. The lowest BCUT2D eigenvalue weighted by atomic mass is 10.2. The van der Waals surface area contributed by atoms with Crippen LogP contribution in [-0.4, -0.2) is 21.6 Å². The molecular formula is C22H15F4N3OS2. The number of carbonyl (C=O) groups is 1. The Morgan fingerprint density at radius 1 is 1.03 bits per heavy atom. The summed E-state index contributed by atoms with van der Waals surface area (Å²) in [5.74, 6) is -0.697. The number of halogens is 4. The quantitative estimate of drug-likeness (QED) is 0.246. The third-order valence-electron chi connectivity index (χ3n) is 4.51. The molecule has 2 aromatic heterocycles. The van der Waals surface area contributed by atoms with Crippen LogP contribution in [0.3, 0.4) is 0 Å². The Labute approximate surface area is 188 Å². The second-order valence-corrected chi connectivity index (χ2v) is 8.78. The number of anilines is 1. The minimum atomic E-state index is -4.55. The predicted molar refractivity (Wildman–Crippen MR) is 117 cm³/mol. The van der Waals surface area contributed by atoms with Crippen LogP contribution in [0, 0.1) is 5.82 Å². The second-order valence-electron chi connectivity index (χ2n) is 6.72. The van der Waals surface area contributed by atoms with E-state index in [1.807, 2.05) is 0 Å². The van der Waals surface area contributed by atoms with E-state index in [-0.39, 0.29) is 34.7 Å². The molecule has 2 heterocycles. The maximum absolute atomic E-state index is 13.4. The molecule has 2 aromatic carbocycles. The van der Waals surface area contributed by atoms with Crippen LogP contribution in [0.2, 0.25) is 0 Å². The fraction of sp³-hybridized carbons (Fsp3) is 0.136. The highest BCUT2D eigenvalue weighted by atomic mass is 32.2. The summed E-state index contributed by atoms with van der Waals surface area (Å²) in [4.78, 5) is 23.3. The molecule has 0 radical (unpaired) electrons. The zero-order chi connectivity index (χ0) is 22.7. The molecule has 4 rings (SSSR count). The Kier molecular flexibility index (Phi) is 6.43. The number of hydrogen-bond acceptors (Lipinski definition) is 5. The van der Waals surface area contributed by atoms with Gasteiger partial charge in [-0.1, -0.05) is 17.4 Å². The van der Waals surface area contributed by atoms with Gasteiger partial charge >= 0.3 is 6.18 Å². The second kappa shape index (κ2) is 9.25. The summed E-state index contributed by atoms with van der Waals surface area (Å²) in [5.41, 5.74) is -0.261. The first-order chi connectivity index (χ1) is 15.3. The summed E-state index contributed by atoms with van der Waals surface area (Å²) in [6.45, 7) is 0.131. The summed E-state index contributed by atoms with van der Waals surface area (Å²) in [6, 6.07) is 13.0. The number of fused-ring (bicyclic) bond motifs is 1. The average Bonchev–Trinajstić information content (AvgIpc) is 3.21. The van der Waals surface area contributed by atoms with Crippen molar-refractivity contribution in [1.82, 2.24) is 9.97 Å². The molecule has 4 aromatic rings. The Bertz CT molecular complexity index is 1230. The summed E-state index contributed by atoms with van der Waals surface area (Å²) in [7, 11) is 0. The third-order valence-corrected chi connectivity index (χ3v) is 6.55. The van der Waals surface area contributed by atoms with Gasteiger partial charge in [0.1, 0.15) is 5.82 Å². The van der Waals surface area contributed by atoms with E-state index >= 15 is 0 Å². The van der Waals surface area contributed by atoms with Crippen molar-refractivity contribution in [2.45, 2.75) is 17.6 Å². The van der Waals surface area contributed by atoms with E-state index < -0.39 is 11.7 Å². The Balaban J connectivity index is 1.66. The van der Waals surface area contributed by atoms with Gasteiger partial charge in [-0.2, -0.15) is 13.2 Å². The number of para-hydroxylation sites is 1. The first-order valence-corrected chi connectivity index (χ1v) is 11.2. The standard InChI is InChI=1S/C22H15F4N3OS2/c23-15-4-6-16(7-5-15)31-13-19(30)29(12-14-8-10-27-11-9-14)21-28-20-17(22(24,25)26)2-1-3-18(20)32-21/h1-11H,12-13H2. The van der Waals surface area contributed by atoms with Crippen LogP contribution in [0.4, 0.5) is 22.7 Å². The van der Waals surface area contributed by atoms with Crippen LogP contribution in [0.1, 0.15) is 11.1 Å². The van der Waals surface area contributed by atoms with Crippen molar-refractivity contribution in [3.05, 3.63) is 83.9 Å². The molecule has 0 saturated heterocycles. The SMILES string of the molecule is O=C(CSc1ccc(F)cc1)N(Cc1ccncc1)c1nc2c(C(F)(F)F)cccc2s1. The van der Waals surface area contributed by atoms with Gasteiger partial charge in [-0.3, -0.25) is 14.7 Å². The number of thiazole rings is 1. The summed E-state index contributed by atoms with van der Waals surface area (Å²) < 4.78 is 53.7. The van der Waals surface area contributed by atoms with Crippen LogP contribution >= 0.6 is 23.1 Å². The number of rotatable bonds is 6. The minimum Gasteiger partial charge on any atom is -0.283 e. The molecule has 0 aliphatic carbocycles. The van der Waals surface area contributed by atoms with Crippen molar-refractivity contribution in [1.29, 1.82) is 0 Å². The Hall–Kier alpha value is -2.98. The van der Waals surface area contributed by atoms with Crippen molar-refractivity contribution >= 4 is 44.4 Å². The number of benzene rings is 2. The minimum absolute atomic E-state index is 0.0127. The fourth-order valence-electron chi connectivity index (χ4n) is 2.97. The maximum Gasteiger partial charge on any atom is 0.418 e. The van der Waals surface area contributed by atoms with Crippen molar-refractivity contribution < 1.29 is 22.4 Å². The van der Waals surface area contributed by atoms with Gasteiger partial charge in [-0.25, -0.2) is 9.37 Å². The first kappa shape index (κ1) is 22.2. The van der Waals surface area contributed by atoms with Crippen molar-refractivity contribution in [3.63, 3.8) is 0 Å². The molecule has 0 saturated carbocycles. The zero-order valence-corrected chi connectivity index (χ0v) is 18.0. The van der Waals surface area contributed by atoms with Gasteiger partial charge in [0.25, 0.3) is 0 Å². The molecule has 0 spiro atoms. The van der Waals surface area contributed by atoms with E-state index in [1.165, 1.54) is 34.9 Å². The summed E-state index contributed by atoms with van der Waals surface area (Å²) in [5, 5.41) is 0.179. The number of carbonyl (C=O) groups excluding carboxylic acids is 1. The predicted octanol–water partition coefficient (Wildman–Crippen LogP) is 6.17. The van der Waals surface area contributed by atoms with E-state index in [0.29, 0.717) is 9.60 Å². The molecule has 0 N–H and O–H groups in total. The van der Waals surface area contributed by atoms with E-state index in [1.54, 1.807) is 42.7 Å². The molecule has 0 atom stereocenters. The molecule has 0 aliphatic heterocycles. The van der Waals surface area contributed by atoms with Gasteiger partial charge in [-0.15, -0.1) is 11.8 Å². The van der Waals surface area contributed by atoms with Crippen molar-refractivity contribution in [2.75, 3.05) is 10.7 Å². The Morgan fingerprint density at radius 3 is 2.44 bits per heavy atom. The van der Waals surface area contributed by atoms with Gasteiger partial charge in [0.15, 0.2) is 5.13 Å². The van der Waals surface area contributed by atoms with Crippen LogP contribution in [0.5, 0.6) is 0 Å². The highest BCUT2D eigenvalue weighted by Crippen LogP contribution is 2.39. The molecule has 4 nitrogen and oxygen atoms in total. The number of pyridine rings is 1. The van der Waals surface area contributed by atoms with Crippen LogP contribution in [-0.2, 0) is 17.5 Å². The monoisotopic (exact) mass is 477 g/mol. The van der Waals surface area contributed by atoms with Crippen LogP contribution in [0.25, 0.3) is 10.2 Å². The van der Waals surface area contributed by atoms with Gasteiger partial charge in [0.05, 0.1) is 28.1 Å². The highest BCUT2D eigenvalue weighted by molar-refractivity contribution is 8.00. The van der Waals surface area contributed by atoms with E-state index in [0.717, 1.165) is 23.0 Å². The highest BCUT2D eigenvalue weighted by Gasteiger charge is 2.34. The normalized spacial score (nSPS) is 11.6. The lowest BCUT2D eigenvalue weighted by Gasteiger charge is -2.20. The smallest absolute Gasteiger partial charge is 0.283 e. The van der Waals surface area contributed by atoms with Crippen molar-refractivity contribution in [3.8, 4) is 0 Å². The van der Waals surface area contributed by atoms with Crippen molar-refractivity contribution in [2.24, 2.45) is 0 Å². The number of aromatic nitrogens is 2. The number of hydrogen-bond donors (Lipinski definition) is 0. The molecule has 164 valence electrons. The summed E-state index contributed by atoms with van der Waals surface area (Å²) >= 11 is 2.24. The fourth-order valence-corrected chi connectivity index (χ4v) is 4.75. The number of thioether (sulfide) groups is 1.